The van der Waals surface area contributed by atoms with Gasteiger partial charge in [0.25, 0.3) is 0 Å². The first-order chi connectivity index (χ1) is 12.2. The van der Waals surface area contributed by atoms with E-state index < -0.39 is 0 Å². The molecule has 25 heavy (non-hydrogen) atoms. The molecular formula is C19H15ClN2OS2. The van der Waals surface area contributed by atoms with E-state index in [9.17, 15) is 10.1 Å². The molecule has 1 N–H and O–H groups in total. The fourth-order valence-corrected chi connectivity index (χ4v) is 4.84. The second-order valence-corrected chi connectivity index (χ2v) is 7.88. The monoisotopic (exact) mass is 386 g/mol. The number of hydrogen-bond donors (Lipinski definition) is 1. The molecule has 1 aliphatic rings. The van der Waals surface area contributed by atoms with E-state index in [1.54, 1.807) is 23.9 Å². The first kappa shape index (κ1) is 17.8. The molecule has 1 aromatic heterocycles. The van der Waals surface area contributed by atoms with Crippen molar-refractivity contribution in [1.29, 1.82) is 5.26 Å². The number of nitriles is 1. The highest BCUT2D eigenvalue weighted by Gasteiger charge is 2.24. The molecule has 1 aliphatic carbocycles. The highest BCUT2D eigenvalue weighted by atomic mass is 35.5. The number of thiophene rings is 1. The predicted molar refractivity (Wildman–Crippen MR) is 107 cm³/mol. The molecule has 0 saturated heterocycles. The Bertz CT molecular complexity index is 922. The van der Waals surface area contributed by atoms with Crippen LogP contribution >= 0.6 is 34.7 Å². The zero-order valence-corrected chi connectivity index (χ0v) is 15.9. The van der Waals surface area contributed by atoms with Crippen molar-refractivity contribution in [2.75, 3.05) is 11.6 Å². The van der Waals surface area contributed by atoms with E-state index in [2.05, 4.69) is 17.5 Å². The lowest BCUT2D eigenvalue weighted by molar-refractivity contribution is 0.104. The van der Waals surface area contributed by atoms with E-state index in [0.29, 0.717) is 15.6 Å². The van der Waals surface area contributed by atoms with Gasteiger partial charge in [-0.3, -0.25) is 4.79 Å². The van der Waals surface area contributed by atoms with Crippen molar-refractivity contribution >= 4 is 52.2 Å². The van der Waals surface area contributed by atoms with E-state index in [0.717, 1.165) is 28.2 Å². The summed E-state index contributed by atoms with van der Waals surface area (Å²) in [7, 11) is 0. The average molecular weight is 387 g/mol. The van der Waals surface area contributed by atoms with Crippen LogP contribution in [0.2, 0.25) is 5.02 Å². The maximum atomic E-state index is 12.9. The van der Waals surface area contributed by atoms with Crippen LogP contribution in [0.4, 0.5) is 5.69 Å². The Kier molecular flexibility index (Phi) is 5.64. The largest absolute Gasteiger partial charge is 0.359 e. The number of rotatable bonds is 5. The van der Waals surface area contributed by atoms with Gasteiger partial charge in [-0.1, -0.05) is 35.9 Å². The molecule has 0 saturated carbocycles. The Morgan fingerprint density at radius 3 is 2.96 bits per heavy atom. The molecule has 0 amide bonds. The van der Waals surface area contributed by atoms with Crippen molar-refractivity contribution < 1.29 is 4.79 Å². The highest BCUT2D eigenvalue weighted by molar-refractivity contribution is 8.00. The van der Waals surface area contributed by atoms with Crippen molar-refractivity contribution in [3.8, 4) is 6.07 Å². The molecule has 0 atom stereocenters. The molecule has 126 valence electrons. The van der Waals surface area contributed by atoms with Gasteiger partial charge < -0.3 is 5.32 Å². The summed E-state index contributed by atoms with van der Waals surface area (Å²) in [5.74, 6) is -0.237. The maximum Gasteiger partial charge on any atom is 0.215 e. The third-order valence-corrected chi connectivity index (χ3v) is 6.57. The maximum absolute atomic E-state index is 12.9. The fraction of sp³-hybridized carbons (Fsp3) is 0.158. The standard InChI is InChI=1S/C19H15ClN2OS2/c1-24-19-14-7-3-2-6-13(14)18(25-19)17(23)12(10-21)11-22-16-9-5-4-8-15(16)20/h3-5,7-9,11,22H,2,6H2,1H3/b12-11+. The molecule has 0 unspecified atom stereocenters. The molecule has 0 aliphatic heterocycles. The van der Waals surface area contributed by atoms with Gasteiger partial charge in [0.05, 0.1) is 19.8 Å². The van der Waals surface area contributed by atoms with Crippen molar-refractivity contribution in [2.45, 2.75) is 17.1 Å². The number of allylic oxidation sites excluding steroid dienone is 2. The minimum atomic E-state index is -0.237. The smallest absolute Gasteiger partial charge is 0.215 e. The van der Waals surface area contributed by atoms with Crippen LogP contribution in [0, 0.1) is 11.3 Å². The molecular weight excluding hydrogens is 372 g/mol. The Morgan fingerprint density at radius 2 is 2.24 bits per heavy atom. The summed E-state index contributed by atoms with van der Waals surface area (Å²) < 4.78 is 1.12. The molecule has 1 heterocycles. The summed E-state index contributed by atoms with van der Waals surface area (Å²) in [6.07, 6.45) is 9.40. The minimum Gasteiger partial charge on any atom is -0.359 e. The van der Waals surface area contributed by atoms with Crippen LogP contribution in [0.15, 0.2) is 46.3 Å². The summed E-state index contributed by atoms with van der Waals surface area (Å²) >= 11 is 9.20. The van der Waals surface area contributed by atoms with Crippen LogP contribution in [-0.4, -0.2) is 12.0 Å². The summed E-state index contributed by atoms with van der Waals surface area (Å²) in [4.78, 5) is 13.6. The van der Waals surface area contributed by atoms with Gasteiger partial charge in [-0.25, -0.2) is 0 Å². The number of thioether (sulfide) groups is 1. The topological polar surface area (TPSA) is 52.9 Å². The van der Waals surface area contributed by atoms with Crippen molar-refractivity contribution in [3.05, 3.63) is 63.1 Å². The lowest BCUT2D eigenvalue weighted by atomic mass is 9.97. The Balaban J connectivity index is 1.92. The number of halogens is 1. The van der Waals surface area contributed by atoms with E-state index >= 15 is 0 Å². The Hall–Kier alpha value is -2.00. The number of ketones is 1. The van der Waals surface area contributed by atoms with Crippen LogP contribution in [0.3, 0.4) is 0 Å². The van der Waals surface area contributed by atoms with Gasteiger partial charge in [-0.15, -0.1) is 23.1 Å². The summed E-state index contributed by atoms with van der Waals surface area (Å²) in [5, 5.41) is 12.9. The van der Waals surface area contributed by atoms with Gasteiger partial charge in [-0.2, -0.15) is 5.26 Å². The second-order valence-electron chi connectivity index (χ2n) is 5.38. The Morgan fingerprint density at radius 1 is 1.44 bits per heavy atom. The minimum absolute atomic E-state index is 0.0752. The SMILES string of the molecule is CSc1sc(C(=O)/C(C#N)=C/Nc2ccccc2Cl)c2c1C=CCC2. The molecule has 0 radical (unpaired) electrons. The second kappa shape index (κ2) is 7.92. The summed E-state index contributed by atoms with van der Waals surface area (Å²) in [6.45, 7) is 0. The van der Waals surface area contributed by atoms with Gasteiger partial charge in [0.15, 0.2) is 0 Å². The third kappa shape index (κ3) is 3.67. The van der Waals surface area contributed by atoms with Gasteiger partial charge in [0.1, 0.15) is 11.6 Å². The summed E-state index contributed by atoms with van der Waals surface area (Å²) in [6, 6.07) is 9.21. The van der Waals surface area contributed by atoms with Crippen LogP contribution in [0.5, 0.6) is 0 Å². The average Bonchev–Trinajstić information content (AvgIpc) is 3.02. The molecule has 1 aromatic carbocycles. The van der Waals surface area contributed by atoms with E-state index in [4.69, 9.17) is 11.6 Å². The summed E-state index contributed by atoms with van der Waals surface area (Å²) in [5.41, 5.74) is 2.92. The Labute approximate surface area is 160 Å². The molecule has 0 fully saturated rings. The lowest BCUT2D eigenvalue weighted by Crippen LogP contribution is -2.06. The zero-order chi connectivity index (χ0) is 17.8. The fourth-order valence-electron chi connectivity index (χ4n) is 2.63. The molecule has 3 nitrogen and oxygen atoms in total. The van der Waals surface area contributed by atoms with Gasteiger partial charge in [0.2, 0.25) is 5.78 Å². The van der Waals surface area contributed by atoms with Crippen molar-refractivity contribution in [1.82, 2.24) is 0 Å². The third-order valence-electron chi connectivity index (χ3n) is 3.86. The van der Waals surface area contributed by atoms with E-state index in [1.165, 1.54) is 17.5 Å². The van der Waals surface area contributed by atoms with Crippen molar-refractivity contribution in [2.24, 2.45) is 0 Å². The highest BCUT2D eigenvalue weighted by Crippen LogP contribution is 2.39. The van der Waals surface area contributed by atoms with E-state index in [-0.39, 0.29) is 11.4 Å². The number of hydrogen-bond acceptors (Lipinski definition) is 5. The molecule has 0 bridgehead atoms. The van der Waals surface area contributed by atoms with Crippen molar-refractivity contribution in [3.63, 3.8) is 0 Å². The van der Waals surface area contributed by atoms with Gasteiger partial charge in [-0.05, 0) is 36.8 Å². The predicted octanol–water partition coefficient (Wildman–Crippen LogP) is 5.79. The normalized spacial score (nSPS) is 13.2. The molecule has 3 rings (SSSR count). The van der Waals surface area contributed by atoms with E-state index in [1.807, 2.05) is 24.5 Å². The first-order valence-electron chi connectivity index (χ1n) is 7.68. The first-order valence-corrected chi connectivity index (χ1v) is 10.1. The number of carbonyl (C=O) groups excluding carboxylic acids is 1. The quantitative estimate of drug-likeness (QED) is 0.306. The van der Waals surface area contributed by atoms with Crippen LogP contribution in [0.25, 0.3) is 6.08 Å². The van der Waals surface area contributed by atoms with Crippen LogP contribution in [0.1, 0.15) is 27.2 Å². The molecule has 2 aromatic rings. The van der Waals surface area contributed by atoms with Gasteiger partial charge >= 0.3 is 0 Å². The number of carbonyl (C=O) groups is 1. The van der Waals surface area contributed by atoms with Crippen LogP contribution in [-0.2, 0) is 6.42 Å². The number of para-hydroxylation sites is 1. The number of fused-ring (bicyclic) bond motifs is 1. The number of benzene rings is 1. The molecule has 0 spiro atoms. The van der Waals surface area contributed by atoms with Gasteiger partial charge in [0, 0.05) is 11.8 Å². The number of nitrogens with zero attached hydrogens (tertiary/aromatic N) is 1. The number of anilines is 1. The zero-order valence-electron chi connectivity index (χ0n) is 13.5. The number of Topliss-reactive ketones (excluding diaryl/α,β-unsaturated/α-hetero) is 1. The number of nitrogens with one attached hydrogen (secondary N) is 1. The molecule has 6 heteroatoms. The lowest BCUT2D eigenvalue weighted by Gasteiger charge is -2.08. The van der Waals surface area contributed by atoms with Crippen LogP contribution < -0.4 is 5.32 Å².